The van der Waals surface area contributed by atoms with E-state index in [0.717, 1.165) is 16.7 Å². The predicted octanol–water partition coefficient (Wildman–Crippen LogP) is 2.13. The number of amides is 1. The molecule has 76 valence electrons. The number of nitrogens with one attached hydrogen (secondary N) is 2. The molecule has 0 atom stereocenters. The SMILES string of the molecule is O=C(Nc1ncc[nH]1)Sc1cccnc1. The van der Waals surface area contributed by atoms with Gasteiger partial charge in [-0.15, -0.1) is 0 Å². The number of aromatic nitrogens is 3. The van der Waals surface area contributed by atoms with Crippen LogP contribution in [0.15, 0.2) is 41.8 Å². The molecule has 0 saturated carbocycles. The maximum atomic E-state index is 11.4. The fourth-order valence-corrected chi connectivity index (χ4v) is 1.59. The fraction of sp³-hybridized carbons (Fsp3) is 0. The van der Waals surface area contributed by atoms with Crippen LogP contribution in [-0.4, -0.2) is 20.2 Å². The minimum Gasteiger partial charge on any atom is -0.331 e. The van der Waals surface area contributed by atoms with Crippen molar-refractivity contribution in [1.29, 1.82) is 0 Å². The molecule has 0 aromatic carbocycles. The van der Waals surface area contributed by atoms with Crippen molar-refractivity contribution in [3.05, 3.63) is 36.9 Å². The van der Waals surface area contributed by atoms with E-state index in [0.29, 0.717) is 5.95 Å². The van der Waals surface area contributed by atoms with Crippen LogP contribution in [-0.2, 0) is 0 Å². The molecule has 6 heteroatoms. The number of anilines is 1. The molecule has 0 unspecified atom stereocenters. The summed E-state index contributed by atoms with van der Waals surface area (Å²) in [7, 11) is 0. The standard InChI is InChI=1S/C9H8N4OS/c14-9(13-8-11-4-5-12-8)15-7-2-1-3-10-6-7/h1-6H,(H2,11,12,13,14). The summed E-state index contributed by atoms with van der Waals surface area (Å²) in [6.45, 7) is 0. The highest BCUT2D eigenvalue weighted by molar-refractivity contribution is 8.13. The first kappa shape index (κ1) is 9.72. The smallest absolute Gasteiger partial charge is 0.290 e. The Balaban J connectivity index is 1.94. The van der Waals surface area contributed by atoms with Crippen LogP contribution in [0, 0.1) is 0 Å². The van der Waals surface area contributed by atoms with Crippen LogP contribution >= 0.6 is 11.8 Å². The highest BCUT2D eigenvalue weighted by Crippen LogP contribution is 2.18. The zero-order chi connectivity index (χ0) is 10.5. The van der Waals surface area contributed by atoms with Gasteiger partial charge < -0.3 is 4.98 Å². The number of aromatic amines is 1. The molecule has 0 saturated heterocycles. The van der Waals surface area contributed by atoms with Crippen molar-refractivity contribution in [2.24, 2.45) is 0 Å². The Morgan fingerprint density at radius 1 is 1.47 bits per heavy atom. The van der Waals surface area contributed by atoms with Gasteiger partial charge in [0.2, 0.25) is 5.95 Å². The summed E-state index contributed by atoms with van der Waals surface area (Å²) < 4.78 is 0. The summed E-state index contributed by atoms with van der Waals surface area (Å²) in [5, 5.41) is 2.40. The van der Waals surface area contributed by atoms with Gasteiger partial charge in [0.25, 0.3) is 5.24 Å². The summed E-state index contributed by atoms with van der Waals surface area (Å²) in [5.74, 6) is 0.441. The van der Waals surface area contributed by atoms with Gasteiger partial charge >= 0.3 is 0 Å². The molecule has 0 spiro atoms. The Kier molecular flexibility index (Phi) is 2.99. The van der Waals surface area contributed by atoms with Crippen molar-refractivity contribution >= 4 is 22.9 Å². The quantitative estimate of drug-likeness (QED) is 0.760. The fourth-order valence-electron chi connectivity index (χ4n) is 0.970. The van der Waals surface area contributed by atoms with Crippen LogP contribution < -0.4 is 5.32 Å². The third kappa shape index (κ3) is 2.81. The monoisotopic (exact) mass is 220 g/mol. The van der Waals surface area contributed by atoms with Gasteiger partial charge in [-0.2, -0.15) is 0 Å². The Bertz CT molecular complexity index is 429. The van der Waals surface area contributed by atoms with Crippen molar-refractivity contribution in [2.75, 3.05) is 5.32 Å². The number of imidazole rings is 1. The van der Waals surface area contributed by atoms with E-state index in [1.54, 1.807) is 30.9 Å². The Morgan fingerprint density at radius 2 is 2.40 bits per heavy atom. The van der Waals surface area contributed by atoms with Gasteiger partial charge in [0, 0.05) is 29.7 Å². The van der Waals surface area contributed by atoms with Crippen LogP contribution in [0.1, 0.15) is 0 Å². The van der Waals surface area contributed by atoms with Gasteiger partial charge in [0.1, 0.15) is 0 Å². The van der Waals surface area contributed by atoms with E-state index in [2.05, 4.69) is 20.3 Å². The largest absolute Gasteiger partial charge is 0.331 e. The first-order valence-corrected chi connectivity index (χ1v) is 5.04. The van der Waals surface area contributed by atoms with E-state index in [-0.39, 0.29) is 5.24 Å². The molecule has 2 N–H and O–H groups in total. The predicted molar refractivity (Wildman–Crippen MR) is 57.7 cm³/mol. The summed E-state index contributed by atoms with van der Waals surface area (Å²) in [6.07, 6.45) is 6.51. The van der Waals surface area contributed by atoms with Crippen LogP contribution in [0.25, 0.3) is 0 Å². The lowest BCUT2D eigenvalue weighted by Gasteiger charge is -2.00. The van der Waals surface area contributed by atoms with Crippen molar-refractivity contribution in [1.82, 2.24) is 15.0 Å². The molecule has 15 heavy (non-hydrogen) atoms. The Hall–Kier alpha value is -1.82. The summed E-state index contributed by atoms with van der Waals surface area (Å²) in [4.78, 5) is 22.8. The number of carbonyl (C=O) groups is 1. The second-order valence-electron chi connectivity index (χ2n) is 2.64. The molecule has 0 radical (unpaired) electrons. The number of carbonyl (C=O) groups excluding carboxylic acids is 1. The molecule has 0 bridgehead atoms. The average molecular weight is 220 g/mol. The average Bonchev–Trinajstić information content (AvgIpc) is 2.71. The third-order valence-corrected chi connectivity index (χ3v) is 2.33. The highest BCUT2D eigenvalue weighted by atomic mass is 32.2. The molecular weight excluding hydrogens is 212 g/mol. The number of H-pyrrole nitrogens is 1. The minimum atomic E-state index is -0.196. The molecule has 0 aliphatic heterocycles. The van der Waals surface area contributed by atoms with Crippen LogP contribution in [0.5, 0.6) is 0 Å². The first-order valence-electron chi connectivity index (χ1n) is 4.23. The zero-order valence-electron chi connectivity index (χ0n) is 7.68. The summed E-state index contributed by atoms with van der Waals surface area (Å²) in [5.41, 5.74) is 0. The Morgan fingerprint density at radius 3 is 3.07 bits per heavy atom. The van der Waals surface area contributed by atoms with Crippen LogP contribution in [0.3, 0.4) is 0 Å². The molecule has 2 heterocycles. The topological polar surface area (TPSA) is 70.7 Å². The summed E-state index contributed by atoms with van der Waals surface area (Å²) in [6, 6.07) is 3.60. The zero-order valence-corrected chi connectivity index (χ0v) is 8.49. The van der Waals surface area contributed by atoms with Crippen molar-refractivity contribution < 1.29 is 4.79 Å². The van der Waals surface area contributed by atoms with Crippen molar-refractivity contribution in [3.63, 3.8) is 0 Å². The van der Waals surface area contributed by atoms with Gasteiger partial charge in [-0.05, 0) is 23.9 Å². The lowest BCUT2D eigenvalue weighted by atomic mass is 10.5. The molecule has 0 aliphatic carbocycles. The number of hydrogen-bond donors (Lipinski definition) is 2. The Labute approximate surface area is 90.3 Å². The van der Waals surface area contributed by atoms with Gasteiger partial charge in [-0.1, -0.05) is 0 Å². The van der Waals surface area contributed by atoms with Crippen molar-refractivity contribution in [2.45, 2.75) is 4.90 Å². The first-order chi connectivity index (χ1) is 7.34. The molecule has 2 rings (SSSR count). The maximum Gasteiger partial charge on any atom is 0.290 e. The minimum absolute atomic E-state index is 0.196. The number of nitrogens with zero attached hydrogens (tertiary/aromatic N) is 2. The van der Waals surface area contributed by atoms with Gasteiger partial charge in [0.05, 0.1) is 0 Å². The van der Waals surface area contributed by atoms with E-state index in [1.165, 1.54) is 0 Å². The second kappa shape index (κ2) is 4.61. The van der Waals surface area contributed by atoms with E-state index in [4.69, 9.17) is 0 Å². The molecule has 2 aromatic rings. The highest BCUT2D eigenvalue weighted by Gasteiger charge is 2.05. The molecule has 0 fully saturated rings. The van der Waals surface area contributed by atoms with Gasteiger partial charge in [-0.3, -0.25) is 15.1 Å². The van der Waals surface area contributed by atoms with E-state index in [1.807, 2.05) is 6.07 Å². The van der Waals surface area contributed by atoms with Crippen LogP contribution in [0.2, 0.25) is 0 Å². The molecule has 1 amide bonds. The van der Waals surface area contributed by atoms with Gasteiger partial charge in [0.15, 0.2) is 0 Å². The van der Waals surface area contributed by atoms with E-state index in [9.17, 15) is 4.79 Å². The summed E-state index contributed by atoms with van der Waals surface area (Å²) >= 11 is 1.07. The molecule has 5 nitrogen and oxygen atoms in total. The third-order valence-electron chi connectivity index (χ3n) is 1.56. The number of thioether (sulfide) groups is 1. The van der Waals surface area contributed by atoms with E-state index >= 15 is 0 Å². The van der Waals surface area contributed by atoms with Gasteiger partial charge in [-0.25, -0.2) is 4.98 Å². The lowest BCUT2D eigenvalue weighted by molar-refractivity contribution is 0.269. The molecule has 0 aliphatic rings. The number of hydrogen-bond acceptors (Lipinski definition) is 4. The maximum absolute atomic E-state index is 11.4. The van der Waals surface area contributed by atoms with Crippen LogP contribution in [0.4, 0.5) is 10.7 Å². The second-order valence-corrected chi connectivity index (χ2v) is 3.69. The number of rotatable bonds is 2. The lowest BCUT2D eigenvalue weighted by Crippen LogP contribution is -2.05. The number of pyridine rings is 1. The van der Waals surface area contributed by atoms with Crippen molar-refractivity contribution in [3.8, 4) is 0 Å². The normalized spacial score (nSPS) is 9.87. The molecular formula is C9H8N4OS. The molecule has 2 aromatic heterocycles. The van der Waals surface area contributed by atoms with E-state index < -0.39 is 0 Å².